The summed E-state index contributed by atoms with van der Waals surface area (Å²) in [4.78, 5) is 13.9. The molecule has 2 rings (SSSR count). The molecule has 124 valence electrons. The number of morpholine rings is 1. The molecule has 1 aliphatic heterocycles. The van der Waals surface area contributed by atoms with E-state index >= 15 is 0 Å². The molecule has 7 heteroatoms. The Balaban J connectivity index is 1.75. The number of rotatable bonds is 5. The third-order valence-corrected chi connectivity index (χ3v) is 3.49. The maximum Gasteiger partial charge on any atom is 0.319 e. The van der Waals surface area contributed by atoms with Crippen LogP contribution in [0.25, 0.3) is 0 Å². The van der Waals surface area contributed by atoms with Crippen LogP contribution in [0.1, 0.15) is 12.0 Å². The van der Waals surface area contributed by atoms with Crippen molar-refractivity contribution in [2.75, 3.05) is 44.7 Å². The lowest BCUT2D eigenvalue weighted by Crippen LogP contribution is -2.38. The Morgan fingerprint density at radius 2 is 1.96 bits per heavy atom. The van der Waals surface area contributed by atoms with E-state index in [1.54, 1.807) is 0 Å². The summed E-state index contributed by atoms with van der Waals surface area (Å²) in [7, 11) is 0. The second kappa shape index (κ2) is 8.46. The molecule has 2 amide bonds. The molecule has 0 bridgehead atoms. The Kier molecular flexibility index (Phi) is 6.32. The van der Waals surface area contributed by atoms with Crippen LogP contribution < -0.4 is 10.6 Å². The SMILES string of the molecule is C#Cc1cc(F)c(NC(=O)NCCCN2CCOCC2)c(F)c1. The van der Waals surface area contributed by atoms with E-state index < -0.39 is 23.4 Å². The van der Waals surface area contributed by atoms with E-state index in [0.29, 0.717) is 6.54 Å². The normalized spacial score (nSPS) is 15.0. The number of hydrogen-bond donors (Lipinski definition) is 2. The molecule has 1 aromatic carbocycles. The first-order valence-electron chi connectivity index (χ1n) is 7.41. The highest BCUT2D eigenvalue weighted by Crippen LogP contribution is 2.20. The predicted molar refractivity (Wildman–Crippen MR) is 83.2 cm³/mol. The van der Waals surface area contributed by atoms with Crippen molar-refractivity contribution in [1.82, 2.24) is 10.2 Å². The van der Waals surface area contributed by atoms with Crippen molar-refractivity contribution in [1.29, 1.82) is 0 Å². The lowest BCUT2D eigenvalue weighted by atomic mass is 10.2. The van der Waals surface area contributed by atoms with Crippen molar-refractivity contribution in [3.63, 3.8) is 0 Å². The third kappa shape index (κ3) is 5.20. The van der Waals surface area contributed by atoms with Crippen LogP contribution in [0.5, 0.6) is 0 Å². The molecule has 0 spiro atoms. The molecule has 0 aliphatic carbocycles. The zero-order chi connectivity index (χ0) is 16.7. The maximum atomic E-state index is 13.7. The molecule has 23 heavy (non-hydrogen) atoms. The molecule has 1 fully saturated rings. The van der Waals surface area contributed by atoms with Crippen LogP contribution >= 0.6 is 0 Å². The van der Waals surface area contributed by atoms with Gasteiger partial charge in [0, 0.05) is 25.2 Å². The fourth-order valence-electron chi connectivity index (χ4n) is 2.26. The average molecular weight is 323 g/mol. The summed E-state index contributed by atoms with van der Waals surface area (Å²) in [6.07, 6.45) is 5.83. The molecule has 0 radical (unpaired) electrons. The molecule has 0 unspecified atom stereocenters. The van der Waals surface area contributed by atoms with Gasteiger partial charge >= 0.3 is 6.03 Å². The number of urea groups is 1. The minimum absolute atomic E-state index is 0.0801. The van der Waals surface area contributed by atoms with Crippen LogP contribution in [-0.4, -0.2) is 50.3 Å². The van der Waals surface area contributed by atoms with E-state index in [4.69, 9.17) is 11.2 Å². The van der Waals surface area contributed by atoms with Gasteiger partial charge in [0.2, 0.25) is 0 Å². The van der Waals surface area contributed by atoms with Gasteiger partial charge in [0.25, 0.3) is 0 Å². The second-order valence-corrected chi connectivity index (χ2v) is 5.15. The first-order chi connectivity index (χ1) is 11.1. The fraction of sp³-hybridized carbons (Fsp3) is 0.438. The van der Waals surface area contributed by atoms with Gasteiger partial charge in [-0.1, -0.05) is 5.92 Å². The summed E-state index contributed by atoms with van der Waals surface area (Å²) in [5.41, 5.74) is -0.425. The predicted octanol–water partition coefficient (Wildman–Crippen LogP) is 1.79. The van der Waals surface area contributed by atoms with Crippen LogP contribution in [0, 0.1) is 24.0 Å². The van der Waals surface area contributed by atoms with Crippen LogP contribution in [0.15, 0.2) is 12.1 Å². The van der Waals surface area contributed by atoms with Crippen LogP contribution in [-0.2, 0) is 4.74 Å². The zero-order valence-corrected chi connectivity index (χ0v) is 12.7. The standard InChI is InChI=1S/C16H19F2N3O2/c1-2-12-10-13(17)15(14(18)11-12)20-16(22)19-4-3-5-21-6-8-23-9-7-21/h1,10-11H,3-9H2,(H2,19,20,22). The Morgan fingerprint density at radius 3 is 2.57 bits per heavy atom. The number of anilines is 1. The van der Waals surface area contributed by atoms with Gasteiger partial charge in [-0.3, -0.25) is 4.90 Å². The largest absolute Gasteiger partial charge is 0.379 e. The minimum Gasteiger partial charge on any atom is -0.379 e. The van der Waals surface area contributed by atoms with Crippen LogP contribution in [0.2, 0.25) is 0 Å². The van der Waals surface area contributed by atoms with E-state index in [-0.39, 0.29) is 5.56 Å². The lowest BCUT2D eigenvalue weighted by Gasteiger charge is -2.26. The van der Waals surface area contributed by atoms with Gasteiger partial charge in [-0.05, 0) is 25.1 Å². The number of halogens is 2. The summed E-state index contributed by atoms with van der Waals surface area (Å²) in [6, 6.07) is 1.34. The monoisotopic (exact) mass is 323 g/mol. The number of carbonyl (C=O) groups excluding carboxylic acids is 1. The molecular formula is C16H19F2N3O2. The highest BCUT2D eigenvalue weighted by atomic mass is 19.1. The topological polar surface area (TPSA) is 53.6 Å². The average Bonchev–Trinajstić information content (AvgIpc) is 2.55. The molecule has 0 aromatic heterocycles. The van der Waals surface area contributed by atoms with Gasteiger partial charge < -0.3 is 15.4 Å². The van der Waals surface area contributed by atoms with Gasteiger partial charge in [0.15, 0.2) is 11.6 Å². The van der Waals surface area contributed by atoms with Gasteiger partial charge in [-0.2, -0.15) is 0 Å². The lowest BCUT2D eigenvalue weighted by molar-refractivity contribution is 0.0375. The van der Waals surface area contributed by atoms with Gasteiger partial charge in [0.1, 0.15) is 5.69 Å². The number of ether oxygens (including phenoxy) is 1. The van der Waals surface area contributed by atoms with Crippen LogP contribution in [0.3, 0.4) is 0 Å². The van der Waals surface area contributed by atoms with Crippen molar-refractivity contribution >= 4 is 11.7 Å². The smallest absolute Gasteiger partial charge is 0.319 e. The highest BCUT2D eigenvalue weighted by Gasteiger charge is 2.14. The van der Waals surface area contributed by atoms with Crippen molar-refractivity contribution in [3.05, 3.63) is 29.3 Å². The van der Waals surface area contributed by atoms with Crippen molar-refractivity contribution < 1.29 is 18.3 Å². The third-order valence-electron chi connectivity index (χ3n) is 3.49. The quantitative estimate of drug-likeness (QED) is 0.642. The van der Waals surface area contributed by atoms with Crippen molar-refractivity contribution in [3.8, 4) is 12.3 Å². The highest BCUT2D eigenvalue weighted by molar-refractivity contribution is 5.89. The maximum absolute atomic E-state index is 13.7. The summed E-state index contributed by atoms with van der Waals surface area (Å²) in [6.45, 7) is 4.45. The Labute approximate surface area is 134 Å². The molecule has 5 nitrogen and oxygen atoms in total. The molecule has 2 N–H and O–H groups in total. The molecule has 1 heterocycles. The summed E-state index contributed by atoms with van der Waals surface area (Å²) in [5.74, 6) is 0.337. The molecule has 0 atom stereocenters. The number of nitrogens with zero attached hydrogens (tertiary/aromatic N) is 1. The number of hydrogen-bond acceptors (Lipinski definition) is 3. The number of nitrogens with one attached hydrogen (secondary N) is 2. The number of carbonyl (C=O) groups is 1. The fourth-order valence-corrected chi connectivity index (χ4v) is 2.26. The molecule has 1 saturated heterocycles. The first kappa shape index (κ1) is 17.2. The van der Waals surface area contributed by atoms with Gasteiger partial charge in [-0.25, -0.2) is 13.6 Å². The molecular weight excluding hydrogens is 304 g/mol. The van der Waals surface area contributed by atoms with E-state index in [0.717, 1.165) is 51.4 Å². The Hall–Kier alpha value is -2.17. The minimum atomic E-state index is -0.901. The number of terminal acetylenes is 1. The first-order valence-corrected chi connectivity index (χ1v) is 7.41. The van der Waals surface area contributed by atoms with E-state index in [9.17, 15) is 13.6 Å². The Morgan fingerprint density at radius 1 is 1.30 bits per heavy atom. The summed E-state index contributed by atoms with van der Waals surface area (Å²) < 4.78 is 32.6. The summed E-state index contributed by atoms with van der Waals surface area (Å²) >= 11 is 0. The second-order valence-electron chi connectivity index (χ2n) is 5.15. The Bertz CT molecular complexity index is 572. The van der Waals surface area contributed by atoms with Crippen molar-refractivity contribution in [2.24, 2.45) is 0 Å². The van der Waals surface area contributed by atoms with Crippen molar-refractivity contribution in [2.45, 2.75) is 6.42 Å². The van der Waals surface area contributed by atoms with Gasteiger partial charge in [-0.15, -0.1) is 6.42 Å². The molecule has 0 saturated carbocycles. The molecule has 1 aliphatic rings. The van der Waals surface area contributed by atoms with Gasteiger partial charge in [0.05, 0.1) is 13.2 Å². The number of amides is 2. The van der Waals surface area contributed by atoms with E-state index in [2.05, 4.69) is 21.5 Å². The molecule has 1 aromatic rings. The van der Waals surface area contributed by atoms with E-state index in [1.807, 2.05) is 0 Å². The van der Waals surface area contributed by atoms with Crippen LogP contribution in [0.4, 0.5) is 19.3 Å². The summed E-state index contributed by atoms with van der Waals surface area (Å²) in [5, 5.41) is 4.74. The zero-order valence-electron chi connectivity index (χ0n) is 12.7. The number of benzene rings is 1. The van der Waals surface area contributed by atoms with E-state index in [1.165, 1.54) is 0 Å².